The molecule has 1 aromatic rings. The van der Waals surface area contributed by atoms with Crippen LogP contribution in [0.4, 0.5) is 0 Å². The van der Waals surface area contributed by atoms with E-state index >= 15 is 0 Å². The van der Waals surface area contributed by atoms with Gasteiger partial charge in [-0.1, -0.05) is 29.8 Å². The number of rotatable bonds is 4. The van der Waals surface area contributed by atoms with Crippen LogP contribution < -0.4 is 0 Å². The number of benzene rings is 1. The van der Waals surface area contributed by atoms with E-state index in [1.54, 1.807) is 4.90 Å². The molecule has 0 aliphatic carbocycles. The lowest BCUT2D eigenvalue weighted by Gasteiger charge is -2.23. The van der Waals surface area contributed by atoms with Gasteiger partial charge in [-0.25, -0.2) is 0 Å². The van der Waals surface area contributed by atoms with Crippen LogP contribution in [0.15, 0.2) is 24.3 Å². The summed E-state index contributed by atoms with van der Waals surface area (Å²) in [7, 11) is 0. The van der Waals surface area contributed by atoms with E-state index in [9.17, 15) is 9.59 Å². The summed E-state index contributed by atoms with van der Waals surface area (Å²) in [6.45, 7) is 4.42. The quantitative estimate of drug-likeness (QED) is 0.917. The number of carboxylic acids is 1. The highest BCUT2D eigenvalue weighted by Gasteiger charge is 2.37. The number of likely N-dealkylation sites (tertiary alicyclic amines) is 1. The Morgan fingerprint density at radius 3 is 2.75 bits per heavy atom. The van der Waals surface area contributed by atoms with Crippen molar-refractivity contribution in [3.8, 4) is 0 Å². The van der Waals surface area contributed by atoms with Crippen LogP contribution in [0.2, 0.25) is 0 Å². The Balaban J connectivity index is 1.91. The van der Waals surface area contributed by atoms with Gasteiger partial charge in [0, 0.05) is 19.0 Å². The zero-order valence-corrected chi connectivity index (χ0v) is 12.0. The topological polar surface area (TPSA) is 57.6 Å². The van der Waals surface area contributed by atoms with Gasteiger partial charge in [0.05, 0.1) is 5.92 Å². The molecular formula is C16H21NO3. The fourth-order valence-electron chi connectivity index (χ4n) is 2.88. The van der Waals surface area contributed by atoms with Crippen molar-refractivity contribution in [1.29, 1.82) is 0 Å². The molecule has 1 amide bonds. The van der Waals surface area contributed by atoms with E-state index in [-0.39, 0.29) is 11.9 Å². The normalized spacial score (nSPS) is 22.0. The molecule has 20 heavy (non-hydrogen) atoms. The summed E-state index contributed by atoms with van der Waals surface area (Å²) in [6.07, 6.45) is 1.72. The molecule has 108 valence electrons. The van der Waals surface area contributed by atoms with Gasteiger partial charge < -0.3 is 10.0 Å². The summed E-state index contributed by atoms with van der Waals surface area (Å²) in [5.41, 5.74) is 2.34. The maximum Gasteiger partial charge on any atom is 0.308 e. The van der Waals surface area contributed by atoms with Crippen LogP contribution in [0, 0.1) is 12.8 Å². The molecule has 0 bridgehead atoms. The Bertz CT molecular complexity index is 512. The minimum Gasteiger partial charge on any atom is -0.481 e. The Kier molecular flexibility index (Phi) is 4.42. The van der Waals surface area contributed by atoms with Crippen molar-refractivity contribution in [1.82, 2.24) is 4.90 Å². The van der Waals surface area contributed by atoms with E-state index < -0.39 is 11.9 Å². The number of nitrogens with zero attached hydrogens (tertiary/aromatic N) is 1. The lowest BCUT2D eigenvalue weighted by atomic mass is 10.0. The highest BCUT2D eigenvalue weighted by molar-refractivity contribution is 5.79. The second kappa shape index (κ2) is 6.07. The molecule has 0 radical (unpaired) electrons. The number of aliphatic carboxylic acids is 1. The number of hydrogen-bond acceptors (Lipinski definition) is 2. The summed E-state index contributed by atoms with van der Waals surface area (Å²) in [5, 5.41) is 9.08. The van der Waals surface area contributed by atoms with E-state index in [2.05, 4.69) is 6.07 Å². The molecule has 1 N–H and O–H groups in total. The smallest absolute Gasteiger partial charge is 0.308 e. The molecule has 4 nitrogen and oxygen atoms in total. The predicted molar refractivity (Wildman–Crippen MR) is 76.4 cm³/mol. The molecule has 1 aliphatic heterocycles. The van der Waals surface area contributed by atoms with Gasteiger partial charge in [-0.2, -0.15) is 0 Å². The second-order valence-electron chi connectivity index (χ2n) is 5.55. The van der Waals surface area contributed by atoms with E-state index in [0.717, 1.165) is 5.56 Å². The highest BCUT2D eigenvalue weighted by Crippen LogP contribution is 2.25. The summed E-state index contributed by atoms with van der Waals surface area (Å²) < 4.78 is 0. The lowest BCUT2D eigenvalue weighted by molar-refractivity contribution is -0.143. The van der Waals surface area contributed by atoms with E-state index in [4.69, 9.17) is 5.11 Å². The SMILES string of the molecule is Cc1cccc(CCC(=O)N2CCC(C(=O)O)C2C)c1. The summed E-state index contributed by atoms with van der Waals surface area (Å²) >= 11 is 0. The summed E-state index contributed by atoms with van der Waals surface area (Å²) in [5.74, 6) is -1.16. The molecule has 1 saturated heterocycles. The molecule has 1 aliphatic rings. The molecule has 2 rings (SSSR count). The van der Waals surface area contributed by atoms with Crippen LogP contribution in [0.1, 0.15) is 30.9 Å². The zero-order valence-electron chi connectivity index (χ0n) is 12.0. The first-order chi connectivity index (χ1) is 9.49. The molecule has 1 fully saturated rings. The van der Waals surface area contributed by atoms with Crippen molar-refractivity contribution >= 4 is 11.9 Å². The molecular weight excluding hydrogens is 254 g/mol. The standard InChI is InChI=1S/C16H21NO3/c1-11-4-3-5-13(10-11)6-7-15(18)17-9-8-14(12(17)2)16(19)20/h3-5,10,12,14H,6-9H2,1-2H3,(H,19,20). The molecule has 2 unspecified atom stereocenters. The van der Waals surface area contributed by atoms with E-state index in [0.29, 0.717) is 25.8 Å². The molecule has 4 heteroatoms. The minimum atomic E-state index is -0.800. The van der Waals surface area contributed by atoms with Crippen molar-refractivity contribution in [2.24, 2.45) is 5.92 Å². The molecule has 0 saturated carbocycles. The summed E-state index contributed by atoms with van der Waals surface area (Å²) in [6, 6.07) is 7.94. The van der Waals surface area contributed by atoms with Crippen LogP contribution in [0.5, 0.6) is 0 Å². The van der Waals surface area contributed by atoms with Gasteiger partial charge in [0.15, 0.2) is 0 Å². The fourth-order valence-corrected chi connectivity index (χ4v) is 2.88. The molecule has 2 atom stereocenters. The fraction of sp³-hybridized carbons (Fsp3) is 0.500. The monoisotopic (exact) mass is 275 g/mol. The Labute approximate surface area is 119 Å². The predicted octanol–water partition coefficient (Wildman–Crippen LogP) is 2.25. The number of hydrogen-bond donors (Lipinski definition) is 1. The van der Waals surface area contributed by atoms with Crippen LogP contribution in [0.25, 0.3) is 0 Å². The van der Waals surface area contributed by atoms with Crippen LogP contribution in [0.3, 0.4) is 0 Å². The van der Waals surface area contributed by atoms with Crippen LogP contribution in [-0.4, -0.2) is 34.5 Å². The van der Waals surface area contributed by atoms with Crippen molar-refractivity contribution in [3.05, 3.63) is 35.4 Å². The van der Waals surface area contributed by atoms with Gasteiger partial charge >= 0.3 is 5.97 Å². The third-order valence-electron chi connectivity index (χ3n) is 4.10. The summed E-state index contributed by atoms with van der Waals surface area (Å²) in [4.78, 5) is 25.0. The van der Waals surface area contributed by atoms with Gasteiger partial charge in [-0.15, -0.1) is 0 Å². The molecule has 0 aromatic heterocycles. The first-order valence-electron chi connectivity index (χ1n) is 7.07. The Hall–Kier alpha value is -1.84. The molecule has 1 heterocycles. The van der Waals surface area contributed by atoms with Crippen LogP contribution >= 0.6 is 0 Å². The van der Waals surface area contributed by atoms with Crippen LogP contribution in [-0.2, 0) is 16.0 Å². The highest BCUT2D eigenvalue weighted by atomic mass is 16.4. The average Bonchev–Trinajstić information content (AvgIpc) is 2.78. The van der Waals surface area contributed by atoms with Gasteiger partial charge in [-0.05, 0) is 32.3 Å². The molecule has 1 aromatic carbocycles. The minimum absolute atomic E-state index is 0.0581. The number of amides is 1. The van der Waals surface area contributed by atoms with Gasteiger partial charge in [0.1, 0.15) is 0 Å². The lowest BCUT2D eigenvalue weighted by Crippen LogP contribution is -2.37. The van der Waals surface area contributed by atoms with Crippen molar-refractivity contribution in [2.45, 2.75) is 39.2 Å². The van der Waals surface area contributed by atoms with Gasteiger partial charge in [0.2, 0.25) is 5.91 Å². The van der Waals surface area contributed by atoms with Gasteiger partial charge in [-0.3, -0.25) is 9.59 Å². The Morgan fingerprint density at radius 2 is 2.15 bits per heavy atom. The Morgan fingerprint density at radius 1 is 1.40 bits per heavy atom. The second-order valence-corrected chi connectivity index (χ2v) is 5.55. The maximum absolute atomic E-state index is 12.2. The van der Waals surface area contributed by atoms with Gasteiger partial charge in [0.25, 0.3) is 0 Å². The van der Waals surface area contributed by atoms with E-state index in [1.165, 1.54) is 5.56 Å². The maximum atomic E-state index is 12.2. The third kappa shape index (κ3) is 3.18. The molecule has 0 spiro atoms. The third-order valence-corrected chi connectivity index (χ3v) is 4.10. The number of carbonyl (C=O) groups is 2. The van der Waals surface area contributed by atoms with Crippen molar-refractivity contribution in [2.75, 3.05) is 6.54 Å². The largest absolute Gasteiger partial charge is 0.481 e. The first-order valence-corrected chi connectivity index (χ1v) is 7.07. The number of aryl methyl sites for hydroxylation is 2. The number of carboxylic acid groups (broad SMARTS) is 1. The zero-order chi connectivity index (χ0) is 14.7. The first kappa shape index (κ1) is 14.6. The number of carbonyl (C=O) groups excluding carboxylic acids is 1. The average molecular weight is 275 g/mol. The van der Waals surface area contributed by atoms with E-state index in [1.807, 2.05) is 32.0 Å². The van der Waals surface area contributed by atoms with Crippen molar-refractivity contribution < 1.29 is 14.7 Å². The van der Waals surface area contributed by atoms with Crippen molar-refractivity contribution in [3.63, 3.8) is 0 Å².